The third-order valence-electron chi connectivity index (χ3n) is 4.80. The number of urea groups is 1. The lowest BCUT2D eigenvalue weighted by atomic mass is 9.98. The smallest absolute Gasteiger partial charge is 0.324 e. The van der Waals surface area contributed by atoms with Crippen molar-refractivity contribution in [1.82, 2.24) is 20.2 Å². The van der Waals surface area contributed by atoms with E-state index in [1.54, 1.807) is 18.2 Å². The van der Waals surface area contributed by atoms with E-state index in [2.05, 4.69) is 20.6 Å². The van der Waals surface area contributed by atoms with Crippen LogP contribution in [0.25, 0.3) is 11.0 Å². The van der Waals surface area contributed by atoms with Gasteiger partial charge in [-0.05, 0) is 31.0 Å². The molecule has 0 bridgehead atoms. The number of imidazole rings is 1. The fourth-order valence-electron chi connectivity index (χ4n) is 3.59. The Kier molecular flexibility index (Phi) is 3.38. The average Bonchev–Trinajstić information content (AvgIpc) is 3.22. The summed E-state index contributed by atoms with van der Waals surface area (Å²) in [4.78, 5) is 54.3. The number of aromatic amines is 2. The quantitative estimate of drug-likeness (QED) is 0.610. The highest BCUT2D eigenvalue weighted by atomic mass is 16.2. The molecule has 1 aromatic heterocycles. The molecule has 9 nitrogen and oxygen atoms in total. The normalized spacial score (nSPS) is 19.0. The maximum absolute atomic E-state index is 12.5. The molecular weight excluding hydrogens is 326 g/mol. The summed E-state index contributed by atoms with van der Waals surface area (Å²) < 4.78 is 0. The zero-order valence-corrected chi connectivity index (χ0v) is 13.3. The molecule has 1 aliphatic heterocycles. The number of nitrogens with zero attached hydrogens (tertiary/aromatic N) is 1. The van der Waals surface area contributed by atoms with Crippen LogP contribution < -0.4 is 16.3 Å². The number of carbonyl (C=O) groups is 3. The van der Waals surface area contributed by atoms with Gasteiger partial charge in [0.2, 0.25) is 5.91 Å². The number of hydrogen-bond donors (Lipinski definition) is 4. The molecule has 2 aromatic rings. The topological polar surface area (TPSA) is 127 Å². The molecule has 4 N–H and O–H groups in total. The summed E-state index contributed by atoms with van der Waals surface area (Å²) >= 11 is 0. The van der Waals surface area contributed by atoms with Crippen LogP contribution in [0.3, 0.4) is 0 Å². The minimum Gasteiger partial charge on any atom is -0.324 e. The molecule has 0 unspecified atom stereocenters. The zero-order chi connectivity index (χ0) is 17.6. The molecule has 2 fully saturated rings. The maximum Gasteiger partial charge on any atom is 0.325 e. The Balaban J connectivity index is 1.47. The average molecular weight is 343 g/mol. The number of rotatable bonds is 3. The van der Waals surface area contributed by atoms with Crippen molar-refractivity contribution in [3.8, 4) is 0 Å². The van der Waals surface area contributed by atoms with Gasteiger partial charge >= 0.3 is 11.7 Å². The Morgan fingerprint density at radius 1 is 1.12 bits per heavy atom. The van der Waals surface area contributed by atoms with Crippen molar-refractivity contribution in [1.29, 1.82) is 0 Å². The zero-order valence-electron chi connectivity index (χ0n) is 13.3. The number of carbonyl (C=O) groups excluding carboxylic acids is 3. The van der Waals surface area contributed by atoms with Gasteiger partial charge in [0, 0.05) is 5.69 Å². The second kappa shape index (κ2) is 5.47. The van der Waals surface area contributed by atoms with Gasteiger partial charge < -0.3 is 20.6 Å². The third-order valence-corrected chi connectivity index (χ3v) is 4.80. The van der Waals surface area contributed by atoms with Crippen molar-refractivity contribution in [3.63, 3.8) is 0 Å². The van der Waals surface area contributed by atoms with Crippen LogP contribution in [0.2, 0.25) is 0 Å². The first-order valence-corrected chi connectivity index (χ1v) is 8.13. The standard InChI is InChI=1S/C16H17N5O4/c22-12(17-9-3-4-10-11(7-9)19-14(24)18-10)8-21-13(23)16(20-15(21)25)5-1-2-6-16/h3-4,7H,1-2,5-6,8H2,(H,17,22)(H,20,25)(H2,18,19,24). The highest BCUT2D eigenvalue weighted by molar-refractivity contribution is 6.10. The fourth-order valence-corrected chi connectivity index (χ4v) is 3.59. The highest BCUT2D eigenvalue weighted by Crippen LogP contribution is 2.34. The number of nitrogens with one attached hydrogen (secondary N) is 4. The number of imide groups is 1. The first-order valence-electron chi connectivity index (χ1n) is 8.13. The Bertz CT molecular complexity index is 937. The molecule has 2 heterocycles. The first-order chi connectivity index (χ1) is 12.0. The lowest BCUT2D eigenvalue weighted by Crippen LogP contribution is -2.44. The van der Waals surface area contributed by atoms with Crippen molar-refractivity contribution in [2.24, 2.45) is 0 Å². The summed E-state index contributed by atoms with van der Waals surface area (Å²) in [6.07, 6.45) is 3.02. The molecule has 130 valence electrons. The van der Waals surface area contributed by atoms with Gasteiger partial charge in [-0.15, -0.1) is 0 Å². The number of H-pyrrole nitrogens is 2. The van der Waals surface area contributed by atoms with Gasteiger partial charge in [0.25, 0.3) is 5.91 Å². The van der Waals surface area contributed by atoms with E-state index in [0.29, 0.717) is 29.6 Å². The van der Waals surface area contributed by atoms with Gasteiger partial charge in [0.15, 0.2) is 0 Å². The molecule has 1 spiro atoms. The van der Waals surface area contributed by atoms with Gasteiger partial charge in [-0.1, -0.05) is 12.8 Å². The SMILES string of the molecule is O=C(CN1C(=O)NC2(CCCC2)C1=O)Nc1ccc2[nH]c(=O)[nH]c2c1. The molecule has 1 saturated carbocycles. The molecule has 2 aliphatic rings. The summed E-state index contributed by atoms with van der Waals surface area (Å²) in [6.45, 7) is -0.339. The Morgan fingerprint density at radius 2 is 1.84 bits per heavy atom. The first kappa shape index (κ1) is 15.4. The van der Waals surface area contributed by atoms with E-state index in [0.717, 1.165) is 17.7 Å². The van der Waals surface area contributed by atoms with E-state index in [-0.39, 0.29) is 18.1 Å². The van der Waals surface area contributed by atoms with Crippen LogP contribution >= 0.6 is 0 Å². The van der Waals surface area contributed by atoms with Gasteiger partial charge in [0.1, 0.15) is 12.1 Å². The van der Waals surface area contributed by atoms with Gasteiger partial charge in [0.05, 0.1) is 11.0 Å². The second-order valence-electron chi connectivity index (χ2n) is 6.50. The Morgan fingerprint density at radius 3 is 2.60 bits per heavy atom. The minimum absolute atomic E-state index is 0.324. The van der Waals surface area contributed by atoms with E-state index >= 15 is 0 Å². The van der Waals surface area contributed by atoms with Crippen molar-refractivity contribution in [2.45, 2.75) is 31.2 Å². The molecule has 25 heavy (non-hydrogen) atoms. The molecule has 1 aromatic carbocycles. The fraction of sp³-hybridized carbons (Fsp3) is 0.375. The van der Waals surface area contributed by atoms with Crippen LogP contribution in [0, 0.1) is 0 Å². The number of amides is 4. The summed E-state index contributed by atoms with van der Waals surface area (Å²) in [7, 11) is 0. The molecule has 4 rings (SSSR count). The highest BCUT2D eigenvalue weighted by Gasteiger charge is 2.52. The number of aromatic nitrogens is 2. The van der Waals surface area contributed by atoms with Crippen molar-refractivity contribution in [2.75, 3.05) is 11.9 Å². The summed E-state index contributed by atoms with van der Waals surface area (Å²) in [5.74, 6) is -0.800. The van der Waals surface area contributed by atoms with E-state index in [9.17, 15) is 19.2 Å². The molecule has 1 aliphatic carbocycles. The second-order valence-corrected chi connectivity index (χ2v) is 6.50. The minimum atomic E-state index is -0.819. The molecule has 9 heteroatoms. The molecule has 0 radical (unpaired) electrons. The van der Waals surface area contributed by atoms with Crippen LogP contribution in [0.4, 0.5) is 10.5 Å². The summed E-state index contributed by atoms with van der Waals surface area (Å²) in [6, 6.07) is 4.38. The van der Waals surface area contributed by atoms with E-state index < -0.39 is 17.5 Å². The van der Waals surface area contributed by atoms with Gasteiger partial charge in [-0.3, -0.25) is 14.5 Å². The van der Waals surface area contributed by atoms with Gasteiger partial charge in [-0.25, -0.2) is 9.59 Å². The molecule has 0 atom stereocenters. The number of fused-ring (bicyclic) bond motifs is 1. The predicted molar refractivity (Wildman–Crippen MR) is 89.0 cm³/mol. The van der Waals surface area contributed by atoms with Crippen molar-refractivity contribution >= 4 is 34.6 Å². The van der Waals surface area contributed by atoms with Crippen LogP contribution in [-0.2, 0) is 9.59 Å². The van der Waals surface area contributed by atoms with Crippen LogP contribution in [0.5, 0.6) is 0 Å². The Labute approximate surface area is 141 Å². The van der Waals surface area contributed by atoms with Crippen LogP contribution in [0.15, 0.2) is 23.0 Å². The monoisotopic (exact) mass is 343 g/mol. The van der Waals surface area contributed by atoms with Crippen molar-refractivity contribution in [3.05, 3.63) is 28.7 Å². The van der Waals surface area contributed by atoms with Crippen molar-refractivity contribution < 1.29 is 14.4 Å². The third kappa shape index (κ3) is 2.57. The number of benzene rings is 1. The Hall–Kier alpha value is -3.10. The van der Waals surface area contributed by atoms with Crippen LogP contribution in [0.1, 0.15) is 25.7 Å². The summed E-state index contributed by atoms with van der Waals surface area (Å²) in [5.41, 5.74) is 0.499. The predicted octanol–water partition coefficient (Wildman–Crippen LogP) is 0.659. The van der Waals surface area contributed by atoms with E-state index in [4.69, 9.17) is 0 Å². The number of hydrogen-bond acceptors (Lipinski definition) is 4. The molecule has 1 saturated heterocycles. The number of anilines is 1. The van der Waals surface area contributed by atoms with Gasteiger partial charge in [-0.2, -0.15) is 0 Å². The lowest BCUT2D eigenvalue weighted by molar-refractivity contribution is -0.133. The lowest BCUT2D eigenvalue weighted by Gasteiger charge is -2.19. The maximum atomic E-state index is 12.5. The van der Waals surface area contributed by atoms with E-state index in [1.165, 1.54) is 0 Å². The summed E-state index contributed by atoms with van der Waals surface area (Å²) in [5, 5.41) is 5.38. The largest absolute Gasteiger partial charge is 0.325 e. The van der Waals surface area contributed by atoms with E-state index in [1.807, 2.05) is 0 Å². The van der Waals surface area contributed by atoms with Crippen LogP contribution in [-0.4, -0.2) is 44.8 Å². The molecule has 4 amide bonds. The molecular formula is C16H17N5O4.